The zero-order valence-corrected chi connectivity index (χ0v) is 9.40. The van der Waals surface area contributed by atoms with Gasteiger partial charge in [-0.2, -0.15) is 0 Å². The predicted molar refractivity (Wildman–Crippen MR) is 58.7 cm³/mol. The van der Waals surface area contributed by atoms with E-state index in [2.05, 4.69) is 6.92 Å². The number of hydrogen-bond acceptors (Lipinski definition) is 5. The maximum absolute atomic E-state index is 10.7. The van der Waals surface area contributed by atoms with Crippen molar-refractivity contribution in [1.29, 1.82) is 0 Å². The summed E-state index contributed by atoms with van der Waals surface area (Å²) in [6, 6.07) is 0. The fourth-order valence-corrected chi connectivity index (χ4v) is 1.82. The van der Waals surface area contributed by atoms with E-state index in [-0.39, 0.29) is 17.7 Å². The Hall–Kier alpha value is -1.43. The number of nitrogens with two attached hydrogens (primary N) is 2. The maximum atomic E-state index is 10.7. The van der Waals surface area contributed by atoms with Gasteiger partial charge in [-0.3, -0.25) is 5.84 Å². The van der Waals surface area contributed by atoms with Crippen molar-refractivity contribution < 1.29 is 14.6 Å². The second kappa shape index (κ2) is 5.60. The Labute approximate surface area is 94.6 Å². The normalized spacial score (nSPS) is 26.9. The van der Waals surface area contributed by atoms with Gasteiger partial charge in [-0.25, -0.2) is 4.79 Å². The molecule has 1 saturated carbocycles. The highest BCUT2D eigenvalue weighted by Gasteiger charge is 2.22. The molecule has 0 aromatic heterocycles. The van der Waals surface area contributed by atoms with Crippen LogP contribution in [0.5, 0.6) is 0 Å². The summed E-state index contributed by atoms with van der Waals surface area (Å²) in [6.45, 7) is 2.19. The molecule has 0 heterocycles. The summed E-state index contributed by atoms with van der Waals surface area (Å²) in [6.07, 6.45) is 3.96. The van der Waals surface area contributed by atoms with Crippen LogP contribution >= 0.6 is 0 Å². The number of hydrogen-bond donors (Lipinski definition) is 4. The predicted octanol–water partition coefficient (Wildman–Crippen LogP) is 0.257. The molecule has 16 heavy (non-hydrogen) atoms. The van der Waals surface area contributed by atoms with Crippen molar-refractivity contribution >= 4 is 5.97 Å². The molecule has 0 spiro atoms. The molecule has 6 heteroatoms. The molecular weight excluding hydrogens is 210 g/mol. The van der Waals surface area contributed by atoms with Gasteiger partial charge in [0, 0.05) is 0 Å². The van der Waals surface area contributed by atoms with E-state index in [1.807, 2.05) is 5.43 Å². The summed E-state index contributed by atoms with van der Waals surface area (Å²) in [5, 5.41) is 8.75. The minimum Gasteiger partial charge on any atom is -0.476 e. The smallest absolute Gasteiger partial charge is 0.358 e. The zero-order chi connectivity index (χ0) is 12.1. The van der Waals surface area contributed by atoms with Crippen LogP contribution in [0.2, 0.25) is 0 Å². The first-order chi connectivity index (χ1) is 7.54. The highest BCUT2D eigenvalue weighted by Crippen LogP contribution is 2.26. The SMILES string of the molecule is CC1CCC(O/C(N)=C(/NN)C(=O)O)CC1. The molecule has 0 aliphatic heterocycles. The van der Waals surface area contributed by atoms with E-state index >= 15 is 0 Å². The van der Waals surface area contributed by atoms with Crippen molar-refractivity contribution in [3.05, 3.63) is 11.6 Å². The maximum Gasteiger partial charge on any atom is 0.358 e. The van der Waals surface area contributed by atoms with Gasteiger partial charge in [-0.1, -0.05) is 6.92 Å². The molecule has 0 radical (unpaired) electrons. The Morgan fingerprint density at radius 2 is 1.94 bits per heavy atom. The number of aliphatic carboxylic acids is 1. The number of carbonyl (C=O) groups is 1. The number of carboxylic acids is 1. The Bertz CT molecular complexity index is 283. The third-order valence-corrected chi connectivity index (χ3v) is 2.86. The van der Waals surface area contributed by atoms with Gasteiger partial charge in [-0.05, 0) is 31.6 Å². The Morgan fingerprint density at radius 3 is 2.38 bits per heavy atom. The molecule has 0 unspecified atom stereocenters. The third-order valence-electron chi connectivity index (χ3n) is 2.86. The fourth-order valence-electron chi connectivity index (χ4n) is 1.82. The summed E-state index contributed by atoms with van der Waals surface area (Å²) in [7, 11) is 0. The molecule has 1 rings (SSSR count). The second-order valence-electron chi connectivity index (χ2n) is 4.19. The number of ether oxygens (including phenoxy) is 1. The van der Waals surface area contributed by atoms with Crippen molar-refractivity contribution in [3.63, 3.8) is 0 Å². The van der Waals surface area contributed by atoms with E-state index in [4.69, 9.17) is 21.4 Å². The van der Waals surface area contributed by atoms with Crippen LogP contribution in [0.3, 0.4) is 0 Å². The van der Waals surface area contributed by atoms with Gasteiger partial charge >= 0.3 is 5.97 Å². The quantitative estimate of drug-likeness (QED) is 0.238. The lowest BCUT2D eigenvalue weighted by Crippen LogP contribution is -2.32. The van der Waals surface area contributed by atoms with E-state index in [9.17, 15) is 4.79 Å². The molecule has 0 aromatic rings. The van der Waals surface area contributed by atoms with Crippen LogP contribution in [0.15, 0.2) is 11.6 Å². The first-order valence-electron chi connectivity index (χ1n) is 5.41. The first kappa shape index (κ1) is 12.6. The van der Waals surface area contributed by atoms with Crippen molar-refractivity contribution in [3.8, 4) is 0 Å². The van der Waals surface area contributed by atoms with E-state index in [1.165, 1.54) is 0 Å². The molecule has 1 aliphatic carbocycles. The van der Waals surface area contributed by atoms with Gasteiger partial charge in [0.2, 0.25) is 5.88 Å². The lowest BCUT2D eigenvalue weighted by Gasteiger charge is -2.27. The van der Waals surface area contributed by atoms with Crippen LogP contribution in [0.4, 0.5) is 0 Å². The van der Waals surface area contributed by atoms with Gasteiger partial charge in [0.05, 0.1) is 0 Å². The van der Waals surface area contributed by atoms with Gasteiger partial charge < -0.3 is 21.0 Å². The molecule has 1 fully saturated rings. The third kappa shape index (κ3) is 3.30. The second-order valence-corrected chi connectivity index (χ2v) is 4.19. The molecule has 1 aliphatic rings. The lowest BCUT2D eigenvalue weighted by atomic mass is 9.89. The van der Waals surface area contributed by atoms with Gasteiger partial charge in [-0.15, -0.1) is 0 Å². The van der Waals surface area contributed by atoms with Gasteiger partial charge in [0.25, 0.3) is 0 Å². The van der Waals surface area contributed by atoms with Crippen LogP contribution in [0.25, 0.3) is 0 Å². The monoisotopic (exact) mass is 229 g/mol. The van der Waals surface area contributed by atoms with Crippen molar-refractivity contribution in [2.45, 2.75) is 38.7 Å². The number of nitrogens with one attached hydrogen (secondary N) is 1. The largest absolute Gasteiger partial charge is 0.476 e. The van der Waals surface area contributed by atoms with Crippen molar-refractivity contribution in [2.75, 3.05) is 0 Å². The highest BCUT2D eigenvalue weighted by atomic mass is 16.5. The Kier molecular flexibility index (Phi) is 4.42. The Morgan fingerprint density at radius 1 is 1.38 bits per heavy atom. The van der Waals surface area contributed by atoms with E-state index in [0.29, 0.717) is 5.92 Å². The average molecular weight is 229 g/mol. The zero-order valence-electron chi connectivity index (χ0n) is 9.40. The number of rotatable bonds is 4. The van der Waals surface area contributed by atoms with Crippen molar-refractivity contribution in [2.24, 2.45) is 17.5 Å². The van der Waals surface area contributed by atoms with Crippen LogP contribution < -0.4 is 17.0 Å². The first-order valence-corrected chi connectivity index (χ1v) is 5.41. The fraction of sp³-hybridized carbons (Fsp3) is 0.700. The molecule has 0 aromatic carbocycles. The number of carboxylic acid groups (broad SMARTS) is 1. The molecule has 0 bridgehead atoms. The van der Waals surface area contributed by atoms with Crippen LogP contribution in [0.1, 0.15) is 32.6 Å². The molecule has 92 valence electrons. The molecule has 0 atom stereocenters. The van der Waals surface area contributed by atoms with E-state index in [0.717, 1.165) is 25.7 Å². The molecule has 6 nitrogen and oxygen atoms in total. The van der Waals surface area contributed by atoms with Crippen LogP contribution in [-0.4, -0.2) is 17.2 Å². The summed E-state index contributed by atoms with van der Waals surface area (Å²) in [5.74, 6) is 4.40. The lowest BCUT2D eigenvalue weighted by molar-refractivity contribution is -0.133. The Balaban J connectivity index is 2.56. The summed E-state index contributed by atoms with van der Waals surface area (Å²) in [4.78, 5) is 10.7. The summed E-state index contributed by atoms with van der Waals surface area (Å²) >= 11 is 0. The van der Waals surface area contributed by atoms with Crippen LogP contribution in [-0.2, 0) is 9.53 Å². The highest BCUT2D eigenvalue weighted by molar-refractivity contribution is 5.86. The summed E-state index contributed by atoms with van der Waals surface area (Å²) < 4.78 is 5.39. The minimum atomic E-state index is -1.22. The van der Waals surface area contributed by atoms with E-state index in [1.54, 1.807) is 0 Å². The molecule has 0 saturated heterocycles. The topological polar surface area (TPSA) is 111 Å². The average Bonchev–Trinajstić information content (AvgIpc) is 2.22. The standard InChI is InChI=1S/C10H19N3O3/c1-6-2-4-7(5-3-6)16-9(11)8(13-12)10(14)15/h6-7,13H,2-5,11-12H2,1H3,(H,14,15)/b9-8+. The number of hydrazine groups is 1. The van der Waals surface area contributed by atoms with E-state index < -0.39 is 5.97 Å². The molecule has 6 N–H and O–H groups in total. The molecular formula is C10H19N3O3. The minimum absolute atomic E-state index is 0.00102. The molecule has 0 amide bonds. The van der Waals surface area contributed by atoms with Gasteiger partial charge in [0.15, 0.2) is 5.70 Å². The summed E-state index contributed by atoms with van der Waals surface area (Å²) in [5.41, 5.74) is 7.27. The van der Waals surface area contributed by atoms with Crippen LogP contribution in [0, 0.1) is 5.92 Å². The van der Waals surface area contributed by atoms with Crippen molar-refractivity contribution in [1.82, 2.24) is 5.43 Å². The van der Waals surface area contributed by atoms with Gasteiger partial charge in [0.1, 0.15) is 6.10 Å².